The van der Waals surface area contributed by atoms with Crippen molar-refractivity contribution in [2.45, 2.75) is 37.8 Å². The Morgan fingerprint density at radius 1 is 1.08 bits per heavy atom. The third kappa shape index (κ3) is 5.30. The summed E-state index contributed by atoms with van der Waals surface area (Å²) >= 11 is 0. The van der Waals surface area contributed by atoms with Crippen molar-refractivity contribution in [1.82, 2.24) is 4.72 Å². The summed E-state index contributed by atoms with van der Waals surface area (Å²) in [5.74, 6) is -1.18. The Morgan fingerprint density at radius 3 is 2.28 bits per heavy atom. The predicted molar refractivity (Wildman–Crippen MR) is 97.2 cm³/mol. The van der Waals surface area contributed by atoms with Gasteiger partial charge in [0, 0.05) is 12.1 Å². The van der Waals surface area contributed by atoms with E-state index in [9.17, 15) is 18.3 Å². The van der Waals surface area contributed by atoms with E-state index < -0.39 is 21.5 Å². The average Bonchev–Trinajstić information content (AvgIpc) is 2.51. The quantitative estimate of drug-likeness (QED) is 0.734. The van der Waals surface area contributed by atoms with Gasteiger partial charge in [-0.15, -0.1) is 0 Å². The van der Waals surface area contributed by atoms with Crippen LogP contribution in [0.2, 0.25) is 0 Å². The monoisotopic (exact) mass is 362 g/mol. The molecular weight excluding hydrogens is 340 g/mol. The van der Waals surface area contributed by atoms with Gasteiger partial charge in [-0.3, -0.25) is 0 Å². The predicted octanol–water partition coefficient (Wildman–Crippen LogP) is 3.07. The number of hydrogen-bond donors (Lipinski definition) is 3. The molecule has 0 aromatic heterocycles. The van der Waals surface area contributed by atoms with E-state index in [2.05, 4.69) is 10.0 Å². The highest BCUT2D eigenvalue weighted by atomic mass is 32.2. The van der Waals surface area contributed by atoms with Crippen molar-refractivity contribution in [3.05, 3.63) is 59.7 Å². The molecule has 0 spiro atoms. The highest BCUT2D eigenvalue weighted by Gasteiger charge is 2.25. The summed E-state index contributed by atoms with van der Waals surface area (Å²) in [5.41, 5.74) is 0.566. The van der Waals surface area contributed by atoms with Crippen molar-refractivity contribution in [3.63, 3.8) is 0 Å². The van der Waals surface area contributed by atoms with E-state index in [-0.39, 0.29) is 10.5 Å². The Bertz CT molecular complexity index is 856. The molecule has 2 rings (SSSR count). The summed E-state index contributed by atoms with van der Waals surface area (Å²) in [5, 5.41) is 12.2. The molecule has 0 heterocycles. The van der Waals surface area contributed by atoms with Crippen molar-refractivity contribution in [1.29, 1.82) is 0 Å². The second-order valence-electron chi connectivity index (χ2n) is 6.71. The van der Waals surface area contributed by atoms with Crippen LogP contribution in [0.25, 0.3) is 0 Å². The lowest BCUT2D eigenvalue weighted by Crippen LogP contribution is -2.40. The fraction of sp³-hybridized carbons (Fsp3) is 0.278. The second-order valence-corrected chi connectivity index (χ2v) is 8.36. The molecule has 0 aliphatic carbocycles. The molecule has 0 aliphatic heterocycles. The van der Waals surface area contributed by atoms with Crippen LogP contribution < -0.4 is 10.0 Å². The molecule has 0 saturated heterocycles. The van der Waals surface area contributed by atoms with E-state index >= 15 is 0 Å². The van der Waals surface area contributed by atoms with Crippen LogP contribution in [0, 0.1) is 0 Å². The first kappa shape index (κ1) is 19.0. The molecule has 2 aromatic carbocycles. The first-order chi connectivity index (χ1) is 11.6. The fourth-order valence-electron chi connectivity index (χ4n) is 2.27. The minimum absolute atomic E-state index is 0.0838. The van der Waals surface area contributed by atoms with Crippen molar-refractivity contribution < 1.29 is 18.3 Å². The maximum Gasteiger partial charge on any atom is 0.335 e. The number of benzene rings is 2. The number of carbonyl (C=O) groups is 1. The average molecular weight is 362 g/mol. The lowest BCUT2D eigenvalue weighted by molar-refractivity contribution is 0.0696. The van der Waals surface area contributed by atoms with E-state index in [0.717, 1.165) is 5.56 Å². The van der Waals surface area contributed by atoms with Crippen LogP contribution in [0.1, 0.15) is 36.7 Å². The molecule has 0 fully saturated rings. The van der Waals surface area contributed by atoms with Crippen LogP contribution in [0.5, 0.6) is 0 Å². The molecule has 7 heteroatoms. The zero-order valence-electron chi connectivity index (χ0n) is 14.4. The molecular formula is C18H22N2O4S. The molecule has 0 atom stereocenters. The number of carboxylic acid groups (broad SMARTS) is 1. The standard InChI is InChI=1S/C18H22N2O4S/c1-18(2,3)20-25(23,24)16-11-14(17(21)22)9-10-15(16)19-12-13-7-5-4-6-8-13/h4-11,19-20H,12H2,1-3H3,(H,21,22). The highest BCUT2D eigenvalue weighted by molar-refractivity contribution is 7.89. The molecule has 0 saturated carbocycles. The number of aromatic carboxylic acids is 1. The smallest absolute Gasteiger partial charge is 0.335 e. The minimum Gasteiger partial charge on any atom is -0.478 e. The van der Waals surface area contributed by atoms with Gasteiger partial charge in [0.1, 0.15) is 4.90 Å². The normalized spacial score (nSPS) is 12.0. The second kappa shape index (κ2) is 7.25. The van der Waals surface area contributed by atoms with Gasteiger partial charge in [0.15, 0.2) is 0 Å². The molecule has 0 unspecified atom stereocenters. The van der Waals surface area contributed by atoms with E-state index in [0.29, 0.717) is 12.2 Å². The molecule has 0 aliphatic rings. The van der Waals surface area contributed by atoms with Gasteiger partial charge in [-0.05, 0) is 44.5 Å². The van der Waals surface area contributed by atoms with Gasteiger partial charge in [-0.1, -0.05) is 30.3 Å². The van der Waals surface area contributed by atoms with Gasteiger partial charge in [0.05, 0.1) is 11.3 Å². The van der Waals surface area contributed by atoms with Gasteiger partial charge < -0.3 is 10.4 Å². The zero-order chi connectivity index (χ0) is 18.7. The number of rotatable bonds is 6. The highest BCUT2D eigenvalue weighted by Crippen LogP contribution is 2.25. The number of nitrogens with one attached hydrogen (secondary N) is 2. The third-order valence-electron chi connectivity index (χ3n) is 3.28. The van der Waals surface area contributed by atoms with Crippen LogP contribution >= 0.6 is 0 Å². The first-order valence-corrected chi connectivity index (χ1v) is 9.26. The van der Waals surface area contributed by atoms with Crippen LogP contribution in [-0.2, 0) is 16.6 Å². The zero-order valence-corrected chi connectivity index (χ0v) is 15.2. The fourth-order valence-corrected chi connectivity index (χ4v) is 3.90. The molecule has 0 radical (unpaired) electrons. The molecule has 2 aromatic rings. The molecule has 25 heavy (non-hydrogen) atoms. The molecule has 3 N–H and O–H groups in total. The van der Waals surface area contributed by atoms with Gasteiger partial charge >= 0.3 is 5.97 Å². The van der Waals surface area contributed by atoms with Gasteiger partial charge in [0.25, 0.3) is 0 Å². The van der Waals surface area contributed by atoms with Gasteiger partial charge in [-0.2, -0.15) is 0 Å². The van der Waals surface area contributed by atoms with E-state index in [4.69, 9.17) is 0 Å². The number of hydrogen-bond acceptors (Lipinski definition) is 4. The number of anilines is 1. The van der Waals surface area contributed by atoms with Crippen LogP contribution in [0.4, 0.5) is 5.69 Å². The van der Waals surface area contributed by atoms with Crippen molar-refractivity contribution in [2.24, 2.45) is 0 Å². The van der Waals surface area contributed by atoms with Crippen LogP contribution in [-0.4, -0.2) is 25.0 Å². The summed E-state index contributed by atoms with van der Waals surface area (Å²) < 4.78 is 28.0. The Hall–Kier alpha value is -2.38. The SMILES string of the molecule is CC(C)(C)NS(=O)(=O)c1cc(C(=O)O)ccc1NCc1ccccc1. The van der Waals surface area contributed by atoms with Crippen LogP contribution in [0.3, 0.4) is 0 Å². The van der Waals surface area contributed by atoms with Crippen molar-refractivity contribution >= 4 is 21.7 Å². The molecule has 6 nitrogen and oxygen atoms in total. The van der Waals surface area contributed by atoms with E-state index in [1.165, 1.54) is 18.2 Å². The number of carboxylic acids is 1. The lowest BCUT2D eigenvalue weighted by Gasteiger charge is -2.22. The Labute approximate surface area is 147 Å². The Balaban J connectivity index is 2.40. The summed E-state index contributed by atoms with van der Waals surface area (Å²) in [4.78, 5) is 11.1. The molecule has 0 bridgehead atoms. The van der Waals surface area contributed by atoms with Gasteiger partial charge in [0.2, 0.25) is 10.0 Å². The Morgan fingerprint density at radius 2 is 1.72 bits per heavy atom. The van der Waals surface area contributed by atoms with Crippen LogP contribution in [0.15, 0.2) is 53.4 Å². The maximum atomic E-state index is 12.7. The Kier molecular flexibility index (Phi) is 5.49. The van der Waals surface area contributed by atoms with Crippen molar-refractivity contribution in [3.8, 4) is 0 Å². The number of sulfonamides is 1. The molecule has 134 valence electrons. The first-order valence-electron chi connectivity index (χ1n) is 7.78. The van der Waals surface area contributed by atoms with Crippen molar-refractivity contribution in [2.75, 3.05) is 5.32 Å². The minimum atomic E-state index is -3.88. The summed E-state index contributed by atoms with van der Waals surface area (Å²) in [6.07, 6.45) is 0. The topological polar surface area (TPSA) is 95.5 Å². The summed E-state index contributed by atoms with van der Waals surface area (Å²) in [6.45, 7) is 5.60. The third-order valence-corrected chi connectivity index (χ3v) is 5.08. The maximum absolute atomic E-state index is 12.7. The van der Waals surface area contributed by atoms with Gasteiger partial charge in [-0.25, -0.2) is 17.9 Å². The molecule has 0 amide bonds. The largest absolute Gasteiger partial charge is 0.478 e. The van der Waals surface area contributed by atoms with E-state index in [1.54, 1.807) is 20.8 Å². The lowest BCUT2D eigenvalue weighted by atomic mass is 10.1. The summed E-state index contributed by atoms with van der Waals surface area (Å²) in [6, 6.07) is 13.5. The van der Waals surface area contributed by atoms with E-state index in [1.807, 2.05) is 30.3 Å². The summed E-state index contributed by atoms with van der Waals surface area (Å²) in [7, 11) is -3.88.